The van der Waals surface area contributed by atoms with Gasteiger partial charge < -0.3 is 5.32 Å². The molecule has 1 heterocycles. The zero-order valence-corrected chi connectivity index (χ0v) is 11.6. The lowest BCUT2D eigenvalue weighted by Crippen LogP contribution is -2.08. The maximum absolute atomic E-state index is 13.1. The molecule has 106 valence electrons. The van der Waals surface area contributed by atoms with E-state index in [4.69, 9.17) is 0 Å². The van der Waals surface area contributed by atoms with Crippen LogP contribution in [-0.4, -0.2) is 4.98 Å². The second-order valence-corrected chi connectivity index (χ2v) is 4.87. The predicted molar refractivity (Wildman–Crippen MR) is 70.7 cm³/mol. The van der Waals surface area contributed by atoms with E-state index in [2.05, 4.69) is 26.2 Å². The topological polar surface area (TPSA) is 24.9 Å². The molecule has 2 nitrogen and oxygen atoms in total. The van der Waals surface area contributed by atoms with Crippen LogP contribution in [0.2, 0.25) is 0 Å². The van der Waals surface area contributed by atoms with Gasteiger partial charge in [-0.15, -0.1) is 0 Å². The first-order valence-corrected chi connectivity index (χ1v) is 6.36. The van der Waals surface area contributed by atoms with E-state index < -0.39 is 11.9 Å². The molecule has 0 aliphatic rings. The summed E-state index contributed by atoms with van der Waals surface area (Å²) in [4.78, 5) is 3.33. The summed E-state index contributed by atoms with van der Waals surface area (Å²) < 4.78 is 50.8. The zero-order chi connectivity index (χ0) is 14.8. The molecule has 0 aliphatic heterocycles. The monoisotopic (exact) mass is 348 g/mol. The van der Waals surface area contributed by atoms with Crippen LogP contribution in [0.1, 0.15) is 11.3 Å². The summed E-state index contributed by atoms with van der Waals surface area (Å²) in [5.74, 6) is -0.379. The first-order valence-electron chi connectivity index (χ1n) is 5.57. The van der Waals surface area contributed by atoms with E-state index in [1.807, 2.05) is 0 Å². The Balaban J connectivity index is 2.06. The Labute approximate surface area is 121 Å². The zero-order valence-electron chi connectivity index (χ0n) is 10.0. The van der Waals surface area contributed by atoms with Crippen LogP contribution in [0.5, 0.6) is 0 Å². The minimum atomic E-state index is -4.45. The van der Waals surface area contributed by atoms with Crippen molar-refractivity contribution in [2.45, 2.75) is 12.7 Å². The SMILES string of the molecule is Fc1ccc(Br)c(CNc2ccc(C(F)(F)F)nc2)c1. The third-order valence-electron chi connectivity index (χ3n) is 2.54. The lowest BCUT2D eigenvalue weighted by molar-refractivity contribution is -0.141. The fourth-order valence-corrected chi connectivity index (χ4v) is 1.93. The summed E-state index contributed by atoms with van der Waals surface area (Å²) in [6.45, 7) is 0.269. The Hall–Kier alpha value is -1.63. The molecule has 0 atom stereocenters. The van der Waals surface area contributed by atoms with E-state index in [0.717, 1.165) is 12.3 Å². The van der Waals surface area contributed by atoms with Crippen LogP contribution >= 0.6 is 15.9 Å². The third-order valence-corrected chi connectivity index (χ3v) is 3.32. The summed E-state index contributed by atoms with van der Waals surface area (Å²) in [6.07, 6.45) is -3.36. The molecule has 1 aromatic heterocycles. The van der Waals surface area contributed by atoms with E-state index in [-0.39, 0.29) is 12.4 Å². The van der Waals surface area contributed by atoms with Crippen LogP contribution in [0.3, 0.4) is 0 Å². The summed E-state index contributed by atoms with van der Waals surface area (Å²) in [5, 5.41) is 2.88. The second-order valence-electron chi connectivity index (χ2n) is 4.02. The number of benzene rings is 1. The maximum atomic E-state index is 13.1. The molecule has 0 bridgehead atoms. The number of halogens is 5. The number of pyridine rings is 1. The third kappa shape index (κ3) is 3.69. The molecule has 0 aliphatic carbocycles. The molecule has 1 aromatic carbocycles. The van der Waals surface area contributed by atoms with Crippen LogP contribution in [0.4, 0.5) is 23.2 Å². The number of anilines is 1. The fourth-order valence-electron chi connectivity index (χ4n) is 1.54. The van der Waals surface area contributed by atoms with Gasteiger partial charge in [0, 0.05) is 11.0 Å². The molecular formula is C13H9BrF4N2. The molecule has 0 unspecified atom stereocenters. The Morgan fingerprint density at radius 1 is 1.15 bits per heavy atom. The average Bonchev–Trinajstić information content (AvgIpc) is 2.39. The number of hydrogen-bond donors (Lipinski definition) is 1. The highest BCUT2D eigenvalue weighted by Gasteiger charge is 2.31. The van der Waals surface area contributed by atoms with Crippen molar-refractivity contribution in [2.75, 3.05) is 5.32 Å². The number of nitrogens with one attached hydrogen (secondary N) is 1. The van der Waals surface area contributed by atoms with Gasteiger partial charge in [-0.3, -0.25) is 0 Å². The molecule has 0 saturated carbocycles. The lowest BCUT2D eigenvalue weighted by atomic mass is 10.2. The normalized spacial score (nSPS) is 11.4. The van der Waals surface area contributed by atoms with Gasteiger partial charge in [-0.2, -0.15) is 13.2 Å². The Bertz CT molecular complexity index is 596. The van der Waals surface area contributed by atoms with E-state index >= 15 is 0 Å². The van der Waals surface area contributed by atoms with E-state index in [1.165, 1.54) is 18.2 Å². The molecule has 0 radical (unpaired) electrons. The molecular weight excluding hydrogens is 340 g/mol. The molecule has 7 heteroatoms. The van der Waals surface area contributed by atoms with Crippen molar-refractivity contribution in [3.63, 3.8) is 0 Å². The Morgan fingerprint density at radius 2 is 1.90 bits per heavy atom. The predicted octanol–water partition coefficient (Wildman–Crippen LogP) is 4.61. The highest BCUT2D eigenvalue weighted by Crippen LogP contribution is 2.28. The highest BCUT2D eigenvalue weighted by atomic mass is 79.9. The molecule has 1 N–H and O–H groups in total. The van der Waals surface area contributed by atoms with Crippen molar-refractivity contribution in [2.24, 2.45) is 0 Å². The van der Waals surface area contributed by atoms with Crippen molar-refractivity contribution in [3.8, 4) is 0 Å². The second kappa shape index (κ2) is 5.78. The molecule has 2 aromatic rings. The summed E-state index contributed by atoms with van der Waals surface area (Å²) >= 11 is 3.27. The van der Waals surface area contributed by atoms with Gasteiger partial charge in [0.2, 0.25) is 0 Å². The average molecular weight is 349 g/mol. The molecule has 0 fully saturated rings. The van der Waals surface area contributed by atoms with Gasteiger partial charge in [0.1, 0.15) is 11.5 Å². The van der Waals surface area contributed by atoms with Crippen LogP contribution in [0.25, 0.3) is 0 Å². The van der Waals surface area contributed by atoms with Crippen molar-refractivity contribution >= 4 is 21.6 Å². The minimum absolute atomic E-state index is 0.269. The molecule has 20 heavy (non-hydrogen) atoms. The molecule has 2 rings (SSSR count). The standard InChI is InChI=1S/C13H9BrF4N2/c14-11-3-1-9(15)5-8(11)6-19-10-2-4-12(20-7-10)13(16,17)18/h1-5,7,19H,6H2. The molecule has 0 saturated heterocycles. The first kappa shape index (κ1) is 14.8. The van der Waals surface area contributed by atoms with Crippen LogP contribution in [-0.2, 0) is 12.7 Å². The minimum Gasteiger partial charge on any atom is -0.380 e. The number of aromatic nitrogens is 1. The van der Waals surface area contributed by atoms with Crippen molar-refractivity contribution in [1.29, 1.82) is 0 Å². The molecule has 0 spiro atoms. The van der Waals surface area contributed by atoms with Gasteiger partial charge in [0.05, 0.1) is 11.9 Å². The van der Waals surface area contributed by atoms with Gasteiger partial charge >= 0.3 is 6.18 Å². The Morgan fingerprint density at radius 3 is 2.50 bits per heavy atom. The number of nitrogens with zero attached hydrogens (tertiary/aromatic N) is 1. The van der Waals surface area contributed by atoms with E-state index in [9.17, 15) is 17.6 Å². The maximum Gasteiger partial charge on any atom is 0.433 e. The van der Waals surface area contributed by atoms with Gasteiger partial charge in [0.15, 0.2) is 0 Å². The smallest absolute Gasteiger partial charge is 0.380 e. The van der Waals surface area contributed by atoms with Gasteiger partial charge in [-0.25, -0.2) is 9.37 Å². The van der Waals surface area contributed by atoms with E-state index in [0.29, 0.717) is 15.7 Å². The largest absolute Gasteiger partial charge is 0.433 e. The van der Waals surface area contributed by atoms with E-state index in [1.54, 1.807) is 6.07 Å². The summed E-state index contributed by atoms with van der Waals surface area (Å²) in [7, 11) is 0. The summed E-state index contributed by atoms with van der Waals surface area (Å²) in [5.41, 5.74) is 0.133. The van der Waals surface area contributed by atoms with Gasteiger partial charge in [0.25, 0.3) is 0 Å². The van der Waals surface area contributed by atoms with Gasteiger partial charge in [-0.1, -0.05) is 15.9 Å². The van der Waals surface area contributed by atoms with Crippen LogP contribution in [0.15, 0.2) is 41.0 Å². The number of rotatable bonds is 3. The lowest BCUT2D eigenvalue weighted by Gasteiger charge is -2.10. The molecule has 0 amide bonds. The first-order chi connectivity index (χ1) is 9.36. The van der Waals surface area contributed by atoms with Gasteiger partial charge in [-0.05, 0) is 35.9 Å². The Kier molecular flexibility index (Phi) is 4.27. The van der Waals surface area contributed by atoms with Crippen LogP contribution in [0, 0.1) is 5.82 Å². The highest BCUT2D eigenvalue weighted by molar-refractivity contribution is 9.10. The van der Waals surface area contributed by atoms with Crippen molar-refractivity contribution < 1.29 is 17.6 Å². The quantitative estimate of drug-likeness (QED) is 0.819. The number of alkyl halides is 3. The fraction of sp³-hybridized carbons (Fsp3) is 0.154. The van der Waals surface area contributed by atoms with Crippen molar-refractivity contribution in [3.05, 3.63) is 58.1 Å². The summed E-state index contributed by atoms with van der Waals surface area (Å²) in [6, 6.07) is 6.39. The number of hydrogen-bond acceptors (Lipinski definition) is 2. The van der Waals surface area contributed by atoms with Crippen LogP contribution < -0.4 is 5.32 Å². The van der Waals surface area contributed by atoms with Crippen molar-refractivity contribution in [1.82, 2.24) is 4.98 Å².